The molecule has 0 saturated carbocycles. The molecule has 0 aliphatic heterocycles. The van der Waals surface area contributed by atoms with E-state index in [1.807, 2.05) is 0 Å². The van der Waals surface area contributed by atoms with E-state index in [0.29, 0.717) is 0 Å². The van der Waals surface area contributed by atoms with Crippen molar-refractivity contribution in [2.45, 2.75) is 19.1 Å². The standard InChI is InChI=1S/C5H14N2O4S2/c1-5(2)13(10,11)7-3-4-12(6,8)9/h5,7H,3-4H2,1-2H3,(H2,6,8,9). The summed E-state index contributed by atoms with van der Waals surface area (Å²) in [7, 11) is -6.99. The summed E-state index contributed by atoms with van der Waals surface area (Å²) in [6.07, 6.45) is 0. The van der Waals surface area contributed by atoms with Gasteiger partial charge in [0, 0.05) is 6.54 Å². The van der Waals surface area contributed by atoms with Crippen molar-refractivity contribution in [2.24, 2.45) is 5.14 Å². The Labute approximate surface area is 78.6 Å². The molecule has 0 saturated heterocycles. The summed E-state index contributed by atoms with van der Waals surface area (Å²) < 4.78 is 45.1. The normalized spacial score (nSPS) is 13.5. The maximum absolute atomic E-state index is 11.1. The zero-order chi connectivity index (χ0) is 10.7. The summed E-state index contributed by atoms with van der Waals surface area (Å²) in [5, 5.41) is 4.10. The lowest BCUT2D eigenvalue weighted by Gasteiger charge is -2.08. The molecule has 0 aromatic carbocycles. The Kier molecular flexibility index (Phi) is 4.30. The second-order valence-corrected chi connectivity index (χ2v) is 6.91. The van der Waals surface area contributed by atoms with Crippen molar-refractivity contribution < 1.29 is 16.8 Å². The largest absolute Gasteiger partial charge is 0.229 e. The average Bonchev–Trinajstić information content (AvgIpc) is 1.82. The van der Waals surface area contributed by atoms with Crippen LogP contribution >= 0.6 is 0 Å². The first-order valence-corrected chi connectivity index (χ1v) is 6.90. The maximum Gasteiger partial charge on any atom is 0.213 e. The highest BCUT2D eigenvalue weighted by molar-refractivity contribution is 7.90. The van der Waals surface area contributed by atoms with Gasteiger partial charge >= 0.3 is 0 Å². The van der Waals surface area contributed by atoms with Gasteiger partial charge in [-0.25, -0.2) is 26.7 Å². The van der Waals surface area contributed by atoms with Crippen molar-refractivity contribution in [1.29, 1.82) is 0 Å². The van der Waals surface area contributed by atoms with E-state index in [1.165, 1.54) is 13.8 Å². The van der Waals surface area contributed by atoms with Crippen LogP contribution in [-0.4, -0.2) is 34.4 Å². The number of hydrogen-bond donors (Lipinski definition) is 2. The minimum Gasteiger partial charge on any atom is -0.229 e. The average molecular weight is 230 g/mol. The minimum absolute atomic E-state index is 0.181. The first-order valence-electron chi connectivity index (χ1n) is 3.64. The van der Waals surface area contributed by atoms with E-state index >= 15 is 0 Å². The molecule has 6 nitrogen and oxygen atoms in total. The molecule has 0 heterocycles. The zero-order valence-electron chi connectivity index (χ0n) is 7.52. The SMILES string of the molecule is CC(C)S(=O)(=O)NCCS(N)(=O)=O. The number of primary sulfonamides is 1. The molecule has 0 amide bonds. The lowest BCUT2D eigenvalue weighted by atomic mass is 10.6. The molecule has 0 atom stereocenters. The molecule has 0 bridgehead atoms. The number of nitrogens with two attached hydrogens (primary N) is 1. The van der Waals surface area contributed by atoms with Crippen LogP contribution in [0.3, 0.4) is 0 Å². The van der Waals surface area contributed by atoms with Gasteiger partial charge in [-0.1, -0.05) is 0 Å². The summed E-state index contributed by atoms with van der Waals surface area (Å²) in [6, 6.07) is 0. The molecule has 0 rings (SSSR count). The molecule has 13 heavy (non-hydrogen) atoms. The second kappa shape index (κ2) is 4.36. The minimum atomic E-state index is -3.60. The predicted molar refractivity (Wildman–Crippen MR) is 50.0 cm³/mol. The Balaban J connectivity index is 4.07. The van der Waals surface area contributed by atoms with Gasteiger partial charge in [-0.2, -0.15) is 0 Å². The van der Waals surface area contributed by atoms with Gasteiger partial charge in [0.25, 0.3) is 0 Å². The van der Waals surface area contributed by atoms with Crippen LogP contribution in [-0.2, 0) is 20.0 Å². The number of nitrogens with one attached hydrogen (secondary N) is 1. The molecule has 0 aliphatic carbocycles. The van der Waals surface area contributed by atoms with Crippen LogP contribution in [0, 0.1) is 0 Å². The fraction of sp³-hybridized carbons (Fsp3) is 1.00. The molecule has 3 N–H and O–H groups in total. The third-order valence-corrected chi connectivity index (χ3v) is 3.93. The third kappa shape index (κ3) is 5.97. The molecular formula is C5H14N2O4S2. The fourth-order valence-electron chi connectivity index (χ4n) is 0.493. The molecule has 80 valence electrons. The van der Waals surface area contributed by atoms with E-state index in [4.69, 9.17) is 0 Å². The zero-order valence-corrected chi connectivity index (χ0v) is 9.15. The van der Waals surface area contributed by atoms with E-state index in [0.717, 1.165) is 0 Å². The van der Waals surface area contributed by atoms with Crippen molar-refractivity contribution in [3.8, 4) is 0 Å². The number of hydrogen-bond acceptors (Lipinski definition) is 4. The Bertz CT molecular complexity index is 343. The summed E-state index contributed by atoms with van der Waals surface area (Å²) in [4.78, 5) is 0. The summed E-state index contributed by atoms with van der Waals surface area (Å²) in [6.45, 7) is 2.82. The molecule has 0 fully saturated rings. The lowest BCUT2D eigenvalue weighted by molar-refractivity contribution is 0.573. The molecule has 0 unspecified atom stereocenters. The highest BCUT2D eigenvalue weighted by Gasteiger charge is 2.15. The van der Waals surface area contributed by atoms with Crippen LogP contribution < -0.4 is 9.86 Å². The monoisotopic (exact) mass is 230 g/mol. The molecule has 0 spiro atoms. The Morgan fingerprint density at radius 3 is 2.00 bits per heavy atom. The second-order valence-electron chi connectivity index (χ2n) is 2.86. The molecule has 0 radical (unpaired) electrons. The first kappa shape index (κ1) is 12.8. The smallest absolute Gasteiger partial charge is 0.213 e. The molecular weight excluding hydrogens is 216 g/mol. The summed E-state index contributed by atoms with van der Waals surface area (Å²) in [5.41, 5.74) is 0. The van der Waals surface area contributed by atoms with E-state index in [2.05, 4.69) is 9.86 Å². The summed E-state index contributed by atoms with van der Waals surface area (Å²) in [5.74, 6) is -0.390. The highest BCUT2D eigenvalue weighted by Crippen LogP contribution is 1.94. The quantitative estimate of drug-likeness (QED) is 0.606. The lowest BCUT2D eigenvalue weighted by Crippen LogP contribution is -2.35. The van der Waals surface area contributed by atoms with Gasteiger partial charge in [-0.15, -0.1) is 0 Å². The van der Waals surface area contributed by atoms with Crippen molar-refractivity contribution in [1.82, 2.24) is 4.72 Å². The van der Waals surface area contributed by atoms with Crippen LogP contribution in [0.15, 0.2) is 0 Å². The molecule has 0 aromatic rings. The maximum atomic E-state index is 11.1. The van der Waals surface area contributed by atoms with Gasteiger partial charge in [-0.3, -0.25) is 0 Å². The van der Waals surface area contributed by atoms with Crippen LogP contribution in [0.1, 0.15) is 13.8 Å². The van der Waals surface area contributed by atoms with E-state index in [9.17, 15) is 16.8 Å². The van der Waals surface area contributed by atoms with Crippen LogP contribution in [0.5, 0.6) is 0 Å². The summed E-state index contributed by atoms with van der Waals surface area (Å²) >= 11 is 0. The Morgan fingerprint density at radius 1 is 1.23 bits per heavy atom. The van der Waals surface area contributed by atoms with Crippen molar-refractivity contribution in [3.05, 3.63) is 0 Å². The van der Waals surface area contributed by atoms with E-state index in [-0.39, 0.29) is 12.3 Å². The Hall–Kier alpha value is -0.180. The van der Waals surface area contributed by atoms with Gasteiger partial charge in [0.1, 0.15) is 0 Å². The fourth-order valence-corrected chi connectivity index (χ4v) is 1.73. The first-order chi connectivity index (χ1) is 5.65. The number of rotatable bonds is 5. The van der Waals surface area contributed by atoms with E-state index in [1.54, 1.807) is 0 Å². The highest BCUT2D eigenvalue weighted by atomic mass is 32.2. The predicted octanol–water partition coefficient (Wildman–Crippen LogP) is -1.40. The van der Waals surface area contributed by atoms with Crippen molar-refractivity contribution in [2.75, 3.05) is 12.3 Å². The Morgan fingerprint density at radius 2 is 1.69 bits per heavy atom. The van der Waals surface area contributed by atoms with Crippen molar-refractivity contribution in [3.63, 3.8) is 0 Å². The molecule has 8 heteroatoms. The van der Waals surface area contributed by atoms with Gasteiger partial charge < -0.3 is 0 Å². The van der Waals surface area contributed by atoms with Gasteiger partial charge in [0.15, 0.2) is 0 Å². The number of sulfonamides is 2. The third-order valence-electron chi connectivity index (χ3n) is 1.31. The van der Waals surface area contributed by atoms with Gasteiger partial charge in [-0.05, 0) is 13.8 Å². The molecule has 0 aromatic heterocycles. The van der Waals surface area contributed by atoms with Gasteiger partial charge in [0.2, 0.25) is 20.0 Å². The van der Waals surface area contributed by atoms with Gasteiger partial charge in [0.05, 0.1) is 11.0 Å². The van der Waals surface area contributed by atoms with Crippen LogP contribution in [0.25, 0.3) is 0 Å². The molecule has 0 aliphatic rings. The van der Waals surface area contributed by atoms with Crippen molar-refractivity contribution >= 4 is 20.0 Å². The van der Waals surface area contributed by atoms with E-state index < -0.39 is 25.3 Å². The van der Waals surface area contributed by atoms with Crippen LogP contribution in [0.4, 0.5) is 0 Å². The van der Waals surface area contributed by atoms with Crippen LogP contribution in [0.2, 0.25) is 0 Å². The topological polar surface area (TPSA) is 106 Å².